The van der Waals surface area contributed by atoms with Gasteiger partial charge >= 0.3 is 0 Å². The first-order valence-corrected chi connectivity index (χ1v) is 23.2. The normalized spacial score (nSPS) is 11.6. The lowest BCUT2D eigenvalue weighted by molar-refractivity contribution is 0.254. The zero-order valence-corrected chi connectivity index (χ0v) is 34.1. The predicted molar refractivity (Wildman–Crippen MR) is 223 cm³/mol. The minimum Gasteiger partial charge on any atom is -0.303 e. The van der Waals surface area contributed by atoms with Crippen LogP contribution in [0.15, 0.2) is 12.7 Å². The van der Waals surface area contributed by atoms with Gasteiger partial charge in [-0.25, -0.2) is 0 Å². The Morgan fingerprint density at radius 3 is 0.667 bits per heavy atom. The summed E-state index contributed by atoms with van der Waals surface area (Å²) in [6, 6.07) is 0. The SMILES string of the molecule is C=CCCCCCCCCCCCCCCCCCN(CCCCCCCCCC)CCCCCCCCCCCCCCCCCC. The summed E-state index contributed by atoms with van der Waals surface area (Å²) in [5.41, 5.74) is 0. The largest absolute Gasteiger partial charge is 0.303 e. The Labute approximate surface area is 307 Å². The quantitative estimate of drug-likeness (QED) is 0.0459. The first-order chi connectivity index (χ1) is 23.8. The van der Waals surface area contributed by atoms with Gasteiger partial charge in [0.15, 0.2) is 0 Å². The lowest BCUT2D eigenvalue weighted by atomic mass is 10.0. The van der Waals surface area contributed by atoms with Crippen LogP contribution in [0.25, 0.3) is 0 Å². The van der Waals surface area contributed by atoms with Gasteiger partial charge in [0.05, 0.1) is 0 Å². The fourth-order valence-electron chi connectivity index (χ4n) is 7.61. The molecule has 0 aliphatic carbocycles. The van der Waals surface area contributed by atoms with E-state index < -0.39 is 0 Å². The maximum Gasteiger partial charge on any atom is -0.00187 e. The van der Waals surface area contributed by atoms with Crippen LogP contribution >= 0.6 is 0 Å². The summed E-state index contributed by atoms with van der Waals surface area (Å²) < 4.78 is 0. The van der Waals surface area contributed by atoms with Gasteiger partial charge in [0.2, 0.25) is 0 Å². The lowest BCUT2D eigenvalue weighted by Gasteiger charge is -2.22. The summed E-state index contributed by atoms with van der Waals surface area (Å²) in [7, 11) is 0. The van der Waals surface area contributed by atoms with Crippen LogP contribution < -0.4 is 0 Å². The smallest absolute Gasteiger partial charge is 0.00187 e. The van der Waals surface area contributed by atoms with E-state index in [1.165, 1.54) is 276 Å². The van der Waals surface area contributed by atoms with Crippen LogP contribution in [0.1, 0.15) is 271 Å². The van der Waals surface area contributed by atoms with E-state index >= 15 is 0 Å². The van der Waals surface area contributed by atoms with Gasteiger partial charge in [0, 0.05) is 0 Å². The van der Waals surface area contributed by atoms with Crippen molar-refractivity contribution in [2.45, 2.75) is 271 Å². The van der Waals surface area contributed by atoms with Crippen LogP contribution in [0.4, 0.5) is 0 Å². The summed E-state index contributed by atoms with van der Waals surface area (Å²) in [5.74, 6) is 0. The highest BCUT2D eigenvalue weighted by atomic mass is 15.1. The molecular formula is C47H95N. The molecule has 0 aromatic carbocycles. The molecule has 0 saturated carbocycles. The van der Waals surface area contributed by atoms with E-state index in [0.29, 0.717) is 0 Å². The van der Waals surface area contributed by atoms with Gasteiger partial charge in [0.25, 0.3) is 0 Å². The third-order valence-corrected chi connectivity index (χ3v) is 11.0. The van der Waals surface area contributed by atoms with Crippen molar-refractivity contribution in [3.63, 3.8) is 0 Å². The average Bonchev–Trinajstić information content (AvgIpc) is 3.10. The molecule has 0 bridgehead atoms. The number of hydrogen-bond donors (Lipinski definition) is 0. The second kappa shape index (κ2) is 44.7. The predicted octanol–water partition coefficient (Wildman–Crippen LogP) is 17.1. The molecule has 0 saturated heterocycles. The number of hydrogen-bond acceptors (Lipinski definition) is 1. The topological polar surface area (TPSA) is 3.24 Å². The number of rotatable bonds is 44. The van der Waals surface area contributed by atoms with Crippen molar-refractivity contribution in [1.29, 1.82) is 0 Å². The van der Waals surface area contributed by atoms with E-state index in [9.17, 15) is 0 Å². The maximum atomic E-state index is 3.83. The summed E-state index contributed by atoms with van der Waals surface area (Å²) in [6.45, 7) is 12.6. The van der Waals surface area contributed by atoms with Gasteiger partial charge < -0.3 is 4.90 Å². The molecule has 0 spiro atoms. The van der Waals surface area contributed by atoms with Crippen molar-refractivity contribution < 1.29 is 0 Å². The Kier molecular flexibility index (Phi) is 44.4. The molecule has 1 heteroatoms. The highest BCUT2D eigenvalue weighted by molar-refractivity contribution is 4.65. The second-order valence-corrected chi connectivity index (χ2v) is 16.0. The highest BCUT2D eigenvalue weighted by Gasteiger charge is 2.05. The molecule has 0 atom stereocenters. The molecule has 0 aliphatic rings. The van der Waals surface area contributed by atoms with Gasteiger partial charge in [-0.3, -0.25) is 0 Å². The highest BCUT2D eigenvalue weighted by Crippen LogP contribution is 2.16. The van der Waals surface area contributed by atoms with Crippen molar-refractivity contribution in [3.05, 3.63) is 12.7 Å². The minimum atomic E-state index is 1.21. The van der Waals surface area contributed by atoms with Crippen LogP contribution in [0.2, 0.25) is 0 Å². The maximum absolute atomic E-state index is 3.83. The summed E-state index contributed by atoms with van der Waals surface area (Å²) in [5, 5.41) is 0. The van der Waals surface area contributed by atoms with E-state index in [1.807, 2.05) is 0 Å². The fraction of sp³-hybridized carbons (Fsp3) is 0.957. The molecule has 48 heavy (non-hydrogen) atoms. The van der Waals surface area contributed by atoms with E-state index in [1.54, 1.807) is 0 Å². The summed E-state index contributed by atoms with van der Waals surface area (Å²) in [4.78, 5) is 2.86. The van der Waals surface area contributed by atoms with Gasteiger partial charge in [-0.15, -0.1) is 6.58 Å². The van der Waals surface area contributed by atoms with Crippen LogP contribution in [-0.2, 0) is 0 Å². The third kappa shape index (κ3) is 41.9. The molecule has 0 fully saturated rings. The first kappa shape index (κ1) is 47.7. The molecule has 1 nitrogen and oxygen atoms in total. The molecule has 0 aliphatic heterocycles. The van der Waals surface area contributed by atoms with Crippen LogP contribution in [0, 0.1) is 0 Å². The molecule has 0 aromatic heterocycles. The van der Waals surface area contributed by atoms with Crippen molar-refractivity contribution in [2.24, 2.45) is 0 Å². The van der Waals surface area contributed by atoms with Crippen LogP contribution in [-0.4, -0.2) is 24.5 Å². The van der Waals surface area contributed by atoms with Gasteiger partial charge in [-0.2, -0.15) is 0 Å². The van der Waals surface area contributed by atoms with Crippen molar-refractivity contribution in [2.75, 3.05) is 19.6 Å². The molecule has 0 amide bonds. The molecule has 0 unspecified atom stereocenters. The zero-order valence-electron chi connectivity index (χ0n) is 34.1. The monoisotopic (exact) mass is 674 g/mol. The number of nitrogens with zero attached hydrogens (tertiary/aromatic N) is 1. The van der Waals surface area contributed by atoms with Crippen LogP contribution in [0.5, 0.6) is 0 Å². The standard InChI is InChI=1S/C47H95N/c1-4-7-10-13-16-19-21-23-25-27-29-31-33-35-38-41-44-47-48(45-42-39-36-18-15-12-9-6-3)46-43-40-37-34-32-30-28-26-24-22-20-17-14-11-8-5-2/h4H,1,5-47H2,2-3H3. The molecule has 0 heterocycles. The van der Waals surface area contributed by atoms with E-state index in [-0.39, 0.29) is 0 Å². The molecule has 288 valence electrons. The molecule has 0 rings (SSSR count). The lowest BCUT2D eigenvalue weighted by Crippen LogP contribution is -2.27. The molecule has 0 aromatic rings. The van der Waals surface area contributed by atoms with E-state index in [4.69, 9.17) is 0 Å². The van der Waals surface area contributed by atoms with Crippen molar-refractivity contribution in [3.8, 4) is 0 Å². The fourth-order valence-corrected chi connectivity index (χ4v) is 7.61. The Bertz CT molecular complexity index is 555. The van der Waals surface area contributed by atoms with E-state index in [0.717, 1.165) is 0 Å². The van der Waals surface area contributed by atoms with E-state index in [2.05, 4.69) is 31.4 Å². The molecule has 0 radical (unpaired) electrons. The van der Waals surface area contributed by atoms with Gasteiger partial charge in [-0.05, 0) is 51.7 Å². The Morgan fingerprint density at radius 1 is 0.271 bits per heavy atom. The number of allylic oxidation sites excluding steroid dienone is 1. The Morgan fingerprint density at radius 2 is 0.458 bits per heavy atom. The minimum absolute atomic E-state index is 1.21. The molecular weight excluding hydrogens is 579 g/mol. The van der Waals surface area contributed by atoms with Gasteiger partial charge in [-0.1, -0.05) is 245 Å². The summed E-state index contributed by atoms with van der Waals surface area (Å²) in [6.07, 6.45) is 60.1. The summed E-state index contributed by atoms with van der Waals surface area (Å²) >= 11 is 0. The molecule has 0 N–H and O–H groups in total. The van der Waals surface area contributed by atoms with Crippen LogP contribution in [0.3, 0.4) is 0 Å². The second-order valence-electron chi connectivity index (χ2n) is 16.0. The third-order valence-electron chi connectivity index (χ3n) is 11.0. The van der Waals surface area contributed by atoms with Gasteiger partial charge in [0.1, 0.15) is 0 Å². The Hall–Kier alpha value is -0.300. The van der Waals surface area contributed by atoms with Crippen molar-refractivity contribution >= 4 is 0 Å². The number of unbranched alkanes of at least 4 members (excludes halogenated alkanes) is 37. The average molecular weight is 674 g/mol. The first-order valence-electron chi connectivity index (χ1n) is 23.2. The Balaban J connectivity index is 3.80. The van der Waals surface area contributed by atoms with Crippen molar-refractivity contribution in [1.82, 2.24) is 4.90 Å². The zero-order chi connectivity index (χ0) is 34.7.